The van der Waals surface area contributed by atoms with E-state index in [4.69, 9.17) is 4.42 Å². The number of furan rings is 1. The van der Waals surface area contributed by atoms with Crippen LogP contribution < -0.4 is 0 Å². The molecule has 0 aliphatic rings. The Labute approximate surface area is 128 Å². The van der Waals surface area contributed by atoms with Crippen LogP contribution in [-0.2, 0) is 4.79 Å². The van der Waals surface area contributed by atoms with Gasteiger partial charge in [0.2, 0.25) is 5.78 Å². The van der Waals surface area contributed by atoms with Crippen LogP contribution in [-0.4, -0.2) is 22.7 Å². The zero-order chi connectivity index (χ0) is 16.3. The predicted octanol–water partition coefficient (Wildman–Crippen LogP) is 3.75. The molecule has 0 saturated heterocycles. The molecule has 0 fully saturated rings. The quantitative estimate of drug-likeness (QED) is 0.801. The van der Waals surface area contributed by atoms with Crippen LogP contribution in [0.5, 0.6) is 0 Å². The molecule has 0 aromatic carbocycles. The van der Waals surface area contributed by atoms with Crippen molar-refractivity contribution in [3.63, 3.8) is 0 Å². The maximum Gasteiger partial charge on any atom is 0.450 e. The van der Waals surface area contributed by atoms with Gasteiger partial charge in [-0.25, -0.2) is 4.98 Å². The molecule has 0 saturated carbocycles. The Kier molecular flexibility index (Phi) is 4.56. The first-order chi connectivity index (χ1) is 10.3. The fourth-order valence-electron chi connectivity index (χ4n) is 1.70. The number of carbonyl (C=O) groups is 1. The third-order valence-electron chi connectivity index (χ3n) is 2.67. The molecule has 2 aromatic rings. The fourth-order valence-corrected chi connectivity index (χ4v) is 2.64. The minimum atomic E-state index is -4.90. The second kappa shape index (κ2) is 6.23. The van der Waals surface area contributed by atoms with Gasteiger partial charge in [-0.05, 0) is 25.1 Å². The van der Waals surface area contributed by atoms with Gasteiger partial charge in [-0.15, -0.1) is 0 Å². The number of carbonyl (C=O) groups excluding carboxylic acids is 1. The normalized spacial score (nSPS) is 11.2. The lowest BCUT2D eigenvalue weighted by atomic mass is 10.1. The molecule has 8 heteroatoms. The van der Waals surface area contributed by atoms with E-state index in [0.717, 1.165) is 0 Å². The van der Waals surface area contributed by atoms with Gasteiger partial charge in [-0.3, -0.25) is 4.79 Å². The monoisotopic (exact) mass is 326 g/mol. The van der Waals surface area contributed by atoms with Crippen molar-refractivity contribution in [2.24, 2.45) is 0 Å². The topological polar surface area (TPSA) is 66.9 Å². The molecule has 2 aromatic heterocycles. The van der Waals surface area contributed by atoms with Crippen molar-refractivity contribution in [2.45, 2.75) is 18.1 Å². The maximum atomic E-state index is 12.3. The van der Waals surface area contributed by atoms with Gasteiger partial charge >= 0.3 is 6.18 Å². The number of hydrogen-bond acceptors (Lipinski definition) is 5. The molecule has 0 aliphatic carbocycles. The second-order valence-corrected chi connectivity index (χ2v) is 5.25. The van der Waals surface area contributed by atoms with Gasteiger partial charge in [0.1, 0.15) is 16.9 Å². The summed E-state index contributed by atoms with van der Waals surface area (Å²) in [6.45, 7) is 1.64. The predicted molar refractivity (Wildman–Crippen MR) is 73.2 cm³/mol. The number of alkyl halides is 3. The molecule has 0 aliphatic heterocycles. The van der Waals surface area contributed by atoms with Crippen LogP contribution in [0.15, 0.2) is 33.9 Å². The van der Waals surface area contributed by atoms with E-state index >= 15 is 0 Å². The lowest BCUT2D eigenvalue weighted by Gasteiger charge is -2.09. The van der Waals surface area contributed by atoms with Crippen molar-refractivity contribution in [3.05, 3.63) is 35.7 Å². The second-order valence-electron chi connectivity index (χ2n) is 4.29. The van der Waals surface area contributed by atoms with Crippen LogP contribution in [0.2, 0.25) is 0 Å². The molecule has 0 spiro atoms. The maximum absolute atomic E-state index is 12.3. The van der Waals surface area contributed by atoms with Crippen molar-refractivity contribution >= 4 is 17.5 Å². The molecule has 4 nitrogen and oxygen atoms in total. The standard InChI is InChI=1S/C14H9F3N2O2S/c1-8-5-9(11-3-2-4-21-11)10(6-18)13(19-8)22-7-12(20)14(15,16)17/h2-5H,7H2,1H3. The Morgan fingerprint density at radius 2 is 2.23 bits per heavy atom. The Hall–Kier alpha value is -2.27. The van der Waals surface area contributed by atoms with E-state index in [2.05, 4.69) is 4.98 Å². The number of aryl methyl sites for hydroxylation is 1. The van der Waals surface area contributed by atoms with E-state index in [0.29, 0.717) is 28.8 Å². The first-order valence-corrected chi connectivity index (χ1v) is 7.00. The van der Waals surface area contributed by atoms with Crippen LogP contribution in [0.3, 0.4) is 0 Å². The molecule has 2 heterocycles. The Bertz CT molecular complexity index is 734. The summed E-state index contributed by atoms with van der Waals surface area (Å²) >= 11 is 0.587. The molecular weight excluding hydrogens is 317 g/mol. The van der Waals surface area contributed by atoms with Gasteiger partial charge in [0.25, 0.3) is 0 Å². The summed E-state index contributed by atoms with van der Waals surface area (Å²) in [4.78, 5) is 15.0. The molecule has 22 heavy (non-hydrogen) atoms. The van der Waals surface area contributed by atoms with Crippen molar-refractivity contribution in [1.29, 1.82) is 5.26 Å². The number of thioether (sulfide) groups is 1. The van der Waals surface area contributed by atoms with E-state index in [-0.39, 0.29) is 10.6 Å². The minimum Gasteiger partial charge on any atom is -0.464 e. The van der Waals surface area contributed by atoms with E-state index in [1.165, 1.54) is 6.26 Å². The fraction of sp³-hybridized carbons (Fsp3) is 0.214. The van der Waals surface area contributed by atoms with Gasteiger partial charge in [0.05, 0.1) is 17.6 Å². The zero-order valence-corrected chi connectivity index (χ0v) is 12.1. The summed E-state index contributed by atoms with van der Waals surface area (Å²) in [5.74, 6) is -2.29. The average Bonchev–Trinajstić information content (AvgIpc) is 2.96. The van der Waals surface area contributed by atoms with Gasteiger partial charge in [0.15, 0.2) is 0 Å². The van der Waals surface area contributed by atoms with Gasteiger partial charge in [-0.2, -0.15) is 18.4 Å². The van der Waals surface area contributed by atoms with Crippen molar-refractivity contribution in [2.75, 3.05) is 5.75 Å². The highest BCUT2D eigenvalue weighted by atomic mass is 32.2. The van der Waals surface area contributed by atoms with E-state index in [1.807, 2.05) is 6.07 Å². The summed E-state index contributed by atoms with van der Waals surface area (Å²) < 4.78 is 42.0. The summed E-state index contributed by atoms with van der Waals surface area (Å²) in [5, 5.41) is 9.34. The molecule has 0 bridgehead atoms. The van der Waals surface area contributed by atoms with Crippen LogP contribution in [0.4, 0.5) is 13.2 Å². The third-order valence-corrected chi connectivity index (χ3v) is 3.64. The molecule has 0 amide bonds. The van der Waals surface area contributed by atoms with Crippen LogP contribution in [0, 0.1) is 18.3 Å². The molecule has 0 atom stereocenters. The average molecular weight is 326 g/mol. The summed E-state index contributed by atoms with van der Waals surface area (Å²) in [5.41, 5.74) is 1.02. The summed E-state index contributed by atoms with van der Waals surface area (Å²) in [6, 6.07) is 6.77. The Morgan fingerprint density at radius 3 is 2.77 bits per heavy atom. The highest BCUT2D eigenvalue weighted by Crippen LogP contribution is 2.32. The van der Waals surface area contributed by atoms with Gasteiger partial charge in [-0.1, -0.05) is 11.8 Å². The minimum absolute atomic E-state index is 0.0755. The lowest BCUT2D eigenvalue weighted by Crippen LogP contribution is -2.24. The van der Waals surface area contributed by atoms with E-state index in [1.54, 1.807) is 25.1 Å². The van der Waals surface area contributed by atoms with Crippen molar-refractivity contribution in [1.82, 2.24) is 4.98 Å². The van der Waals surface area contributed by atoms with Gasteiger partial charge < -0.3 is 4.42 Å². The lowest BCUT2D eigenvalue weighted by molar-refractivity contribution is -0.167. The first kappa shape index (κ1) is 16.1. The van der Waals surface area contributed by atoms with Crippen LogP contribution in [0.1, 0.15) is 11.3 Å². The number of halogens is 3. The van der Waals surface area contributed by atoms with Crippen molar-refractivity contribution in [3.8, 4) is 17.4 Å². The van der Waals surface area contributed by atoms with Crippen molar-refractivity contribution < 1.29 is 22.4 Å². The van der Waals surface area contributed by atoms with Crippen LogP contribution in [0.25, 0.3) is 11.3 Å². The number of pyridine rings is 1. The molecule has 0 unspecified atom stereocenters. The first-order valence-electron chi connectivity index (χ1n) is 6.01. The van der Waals surface area contributed by atoms with Gasteiger partial charge in [0, 0.05) is 11.3 Å². The number of nitriles is 1. The number of ketones is 1. The molecular formula is C14H9F3N2O2S. The molecule has 2 rings (SSSR count). The largest absolute Gasteiger partial charge is 0.464 e. The molecule has 0 radical (unpaired) electrons. The number of Topliss-reactive ketones (excluding diaryl/α,β-unsaturated/α-hetero) is 1. The van der Waals surface area contributed by atoms with E-state index < -0.39 is 17.7 Å². The number of hydrogen-bond donors (Lipinski definition) is 0. The third kappa shape index (κ3) is 3.49. The smallest absolute Gasteiger partial charge is 0.450 e. The zero-order valence-electron chi connectivity index (χ0n) is 11.3. The SMILES string of the molecule is Cc1cc(-c2ccco2)c(C#N)c(SCC(=O)C(F)(F)F)n1. The van der Waals surface area contributed by atoms with Crippen LogP contribution >= 0.6 is 11.8 Å². The summed E-state index contributed by atoms with van der Waals surface area (Å²) in [6.07, 6.45) is -3.47. The number of nitrogens with zero attached hydrogens (tertiary/aromatic N) is 2. The van der Waals surface area contributed by atoms with E-state index in [9.17, 15) is 23.2 Å². The Balaban J connectivity index is 2.36. The highest BCUT2D eigenvalue weighted by Gasteiger charge is 2.38. The molecule has 114 valence electrons. The Morgan fingerprint density at radius 1 is 1.50 bits per heavy atom. The highest BCUT2D eigenvalue weighted by molar-refractivity contribution is 8.00. The number of aromatic nitrogens is 1. The summed E-state index contributed by atoms with van der Waals surface area (Å²) in [7, 11) is 0. The number of rotatable bonds is 4. The molecule has 0 N–H and O–H groups in total.